The summed E-state index contributed by atoms with van der Waals surface area (Å²) in [7, 11) is 1.41. The number of hydrogen-bond donors (Lipinski definition) is 1. The van der Waals surface area contributed by atoms with Crippen molar-refractivity contribution in [3.63, 3.8) is 0 Å². The maximum atomic E-state index is 13.2. The lowest BCUT2D eigenvalue weighted by Crippen LogP contribution is -2.60. The molecule has 2 heterocycles. The summed E-state index contributed by atoms with van der Waals surface area (Å²) in [6.45, 7) is 2.66. The van der Waals surface area contributed by atoms with Crippen LogP contribution in [0.2, 0.25) is 5.02 Å². The number of carbonyl (C=O) groups excluding carboxylic acids is 2. The molecular formula is C22H19BrClN4O5S+. The van der Waals surface area contributed by atoms with E-state index < -0.39 is 17.7 Å². The lowest BCUT2D eigenvalue weighted by atomic mass is 10.0. The number of anilines is 1. The molecule has 1 aliphatic heterocycles. The van der Waals surface area contributed by atoms with E-state index >= 15 is 0 Å². The van der Waals surface area contributed by atoms with Crippen molar-refractivity contribution in [2.75, 3.05) is 18.3 Å². The first-order chi connectivity index (χ1) is 16.2. The van der Waals surface area contributed by atoms with Crippen LogP contribution in [0.1, 0.15) is 25.6 Å². The van der Waals surface area contributed by atoms with E-state index in [0.717, 1.165) is 4.47 Å². The fraction of sp³-hybridized carbons (Fsp3) is 0.227. The number of halogens is 2. The Morgan fingerprint density at radius 3 is 2.62 bits per heavy atom. The summed E-state index contributed by atoms with van der Waals surface area (Å²) in [5.41, 5.74) is 1.14. The van der Waals surface area contributed by atoms with Gasteiger partial charge in [-0.15, -0.1) is 0 Å². The molecule has 1 amide bonds. The van der Waals surface area contributed by atoms with Crippen LogP contribution in [-0.2, 0) is 9.59 Å². The Kier molecular flexibility index (Phi) is 6.70. The quantitative estimate of drug-likeness (QED) is 0.222. The van der Waals surface area contributed by atoms with Gasteiger partial charge in [0.15, 0.2) is 11.5 Å². The zero-order valence-corrected chi connectivity index (χ0v) is 21.7. The number of nitrogens with one attached hydrogen (secondary N) is 1. The summed E-state index contributed by atoms with van der Waals surface area (Å²) in [6.07, 6.45) is 0.764. The molecular weight excluding hydrogens is 548 g/mol. The van der Waals surface area contributed by atoms with Crippen molar-refractivity contribution in [3.8, 4) is 22.8 Å². The zero-order chi connectivity index (χ0) is 24.7. The largest absolute Gasteiger partial charge is 0.493 e. The van der Waals surface area contributed by atoms with Gasteiger partial charge in [0.05, 0.1) is 23.9 Å². The summed E-state index contributed by atoms with van der Waals surface area (Å²) in [4.78, 5) is 42.5. The Hall–Kier alpha value is -2.89. The number of aromatic nitrogens is 3. The number of methoxy groups -OCH3 is 1. The van der Waals surface area contributed by atoms with Crippen molar-refractivity contribution in [2.24, 2.45) is 0 Å². The molecule has 4 rings (SSSR count). The second kappa shape index (κ2) is 9.40. The highest BCUT2D eigenvalue weighted by atomic mass is 79.9. The average molecular weight is 567 g/mol. The predicted octanol–water partition coefficient (Wildman–Crippen LogP) is 3.71. The third kappa shape index (κ3) is 4.19. The third-order valence-electron chi connectivity index (χ3n) is 5.14. The van der Waals surface area contributed by atoms with Crippen LogP contribution in [0.15, 0.2) is 44.8 Å². The normalized spacial score (nSPS) is 14.3. The number of H-pyrrole nitrogens is 1. The lowest BCUT2D eigenvalue weighted by Gasteiger charge is -2.32. The number of carbonyl (C=O) groups is 2. The van der Waals surface area contributed by atoms with E-state index in [2.05, 4.69) is 26.0 Å². The molecule has 1 N–H and O–H groups in total. The van der Waals surface area contributed by atoms with Gasteiger partial charge >= 0.3 is 17.2 Å². The second-order valence-corrected chi connectivity index (χ2v) is 9.45. The molecule has 0 radical (unpaired) electrons. The van der Waals surface area contributed by atoms with Gasteiger partial charge in [-0.25, -0.2) is 4.90 Å². The number of rotatable bonds is 4. The Labute approximate surface area is 212 Å². The van der Waals surface area contributed by atoms with Crippen molar-refractivity contribution in [1.29, 1.82) is 0 Å². The molecule has 176 valence electrons. The lowest BCUT2D eigenvalue weighted by molar-refractivity contribution is -0.763. The minimum atomic E-state index is -1.00. The molecule has 9 nitrogen and oxygen atoms in total. The van der Waals surface area contributed by atoms with Gasteiger partial charge in [-0.05, 0) is 35.2 Å². The summed E-state index contributed by atoms with van der Waals surface area (Å²) >= 11 is 11.1. The zero-order valence-electron chi connectivity index (χ0n) is 18.5. The Morgan fingerprint density at radius 1 is 1.26 bits per heavy atom. The molecule has 2 aromatic carbocycles. The highest BCUT2D eigenvalue weighted by Gasteiger charge is 2.47. The second-order valence-electron chi connectivity index (χ2n) is 7.30. The maximum Gasteiger partial charge on any atom is 0.325 e. The standard InChI is InChI=1S/C22H18BrClN4O5S/c1-10(29)27-16-6-5-12(23)7-14(16)18-20(31)25-22(34-4)26-28(18)21(27)15-8-13(24)9-17(32-3)19(15)33-11(2)30/h5-9,21H,1-4H3/p+1/t21-/m1/s1. The first-order valence-corrected chi connectivity index (χ1v) is 12.3. The summed E-state index contributed by atoms with van der Waals surface area (Å²) in [5, 5.41) is 5.23. The van der Waals surface area contributed by atoms with Crippen LogP contribution in [-0.4, -0.2) is 35.3 Å². The van der Waals surface area contributed by atoms with E-state index in [9.17, 15) is 14.4 Å². The van der Waals surface area contributed by atoms with E-state index in [4.69, 9.17) is 21.1 Å². The molecule has 0 saturated heterocycles. The van der Waals surface area contributed by atoms with Crippen molar-refractivity contribution in [3.05, 3.63) is 55.7 Å². The van der Waals surface area contributed by atoms with Crippen LogP contribution in [0.4, 0.5) is 5.69 Å². The van der Waals surface area contributed by atoms with Crippen molar-refractivity contribution < 1.29 is 23.7 Å². The van der Waals surface area contributed by atoms with Crippen LogP contribution < -0.4 is 24.6 Å². The summed E-state index contributed by atoms with van der Waals surface area (Å²) < 4.78 is 13.1. The van der Waals surface area contributed by atoms with Crippen LogP contribution in [0.25, 0.3) is 11.3 Å². The van der Waals surface area contributed by atoms with Gasteiger partial charge in [0.1, 0.15) is 0 Å². The number of nitrogens with zero attached hydrogens (tertiary/aromatic N) is 3. The fourth-order valence-corrected chi connectivity index (χ4v) is 4.84. The van der Waals surface area contributed by atoms with Crippen LogP contribution in [0.3, 0.4) is 0 Å². The van der Waals surface area contributed by atoms with E-state index in [1.165, 1.54) is 48.4 Å². The molecule has 3 aromatic rings. The summed E-state index contributed by atoms with van der Waals surface area (Å²) in [6, 6.07) is 8.30. The molecule has 0 spiro atoms. The molecule has 1 aromatic heterocycles. The van der Waals surface area contributed by atoms with E-state index in [0.29, 0.717) is 22.0 Å². The molecule has 0 unspecified atom stereocenters. The topological polar surface area (TPSA) is 105 Å². The Bertz CT molecular complexity index is 1400. The van der Waals surface area contributed by atoms with Gasteiger partial charge in [-0.1, -0.05) is 39.3 Å². The van der Waals surface area contributed by atoms with Gasteiger partial charge in [0, 0.05) is 34.5 Å². The number of fused-ring (bicyclic) bond motifs is 3. The molecule has 34 heavy (non-hydrogen) atoms. The summed E-state index contributed by atoms with van der Waals surface area (Å²) in [5.74, 6) is -0.653. The van der Waals surface area contributed by atoms with Crippen molar-refractivity contribution in [2.45, 2.75) is 25.2 Å². The fourth-order valence-electron chi connectivity index (χ4n) is 3.89. The van der Waals surface area contributed by atoms with Crippen molar-refractivity contribution >= 4 is 56.9 Å². The number of hydrogen-bond acceptors (Lipinski definition) is 7. The monoisotopic (exact) mass is 565 g/mol. The highest BCUT2D eigenvalue weighted by molar-refractivity contribution is 9.10. The van der Waals surface area contributed by atoms with E-state index in [1.807, 2.05) is 0 Å². The van der Waals surface area contributed by atoms with Crippen LogP contribution in [0.5, 0.6) is 11.5 Å². The average Bonchev–Trinajstić information content (AvgIpc) is 2.78. The molecule has 0 bridgehead atoms. The number of aromatic amines is 1. The molecule has 0 saturated carbocycles. The molecule has 12 heteroatoms. The predicted molar refractivity (Wildman–Crippen MR) is 131 cm³/mol. The molecule has 1 atom stereocenters. The number of amides is 1. The Morgan fingerprint density at radius 2 is 2.00 bits per heavy atom. The molecule has 0 aliphatic carbocycles. The smallest absolute Gasteiger partial charge is 0.325 e. The van der Waals surface area contributed by atoms with Gasteiger partial charge in [0.25, 0.3) is 6.17 Å². The first kappa shape index (κ1) is 24.2. The number of esters is 1. The third-order valence-corrected chi connectivity index (χ3v) is 6.42. The SMILES string of the molecule is COc1cc(Cl)cc([C@@H]2N(C(C)=O)c3ccc(Br)cc3-c3c(=O)[nH]c(SC)n[n+]32)c1OC(C)=O. The van der Waals surface area contributed by atoms with E-state index in [1.54, 1.807) is 30.5 Å². The Balaban J connectivity index is 2.16. The van der Waals surface area contributed by atoms with Crippen LogP contribution >= 0.6 is 39.3 Å². The number of thioether (sulfide) groups is 1. The molecule has 0 fully saturated rings. The van der Waals surface area contributed by atoms with E-state index in [-0.39, 0.29) is 28.1 Å². The van der Waals surface area contributed by atoms with Crippen LogP contribution in [0, 0.1) is 0 Å². The van der Waals surface area contributed by atoms with Crippen molar-refractivity contribution in [1.82, 2.24) is 10.1 Å². The number of benzene rings is 2. The van der Waals surface area contributed by atoms with Gasteiger partial charge in [0.2, 0.25) is 11.1 Å². The van der Waals surface area contributed by atoms with Gasteiger partial charge in [-0.3, -0.25) is 19.4 Å². The highest BCUT2D eigenvalue weighted by Crippen LogP contribution is 2.44. The number of ether oxygens (including phenoxy) is 2. The minimum Gasteiger partial charge on any atom is -0.493 e. The maximum absolute atomic E-state index is 13.2. The van der Waals surface area contributed by atoms with Gasteiger partial charge in [-0.2, -0.15) is 0 Å². The molecule has 1 aliphatic rings. The minimum absolute atomic E-state index is 0.0717. The van der Waals surface area contributed by atoms with Gasteiger partial charge < -0.3 is 9.47 Å². The first-order valence-electron chi connectivity index (χ1n) is 9.92.